The molecule has 1 atom stereocenters. The van der Waals surface area contributed by atoms with E-state index in [1.807, 2.05) is 0 Å². The van der Waals surface area contributed by atoms with E-state index in [1.165, 1.54) is 50.3 Å². The zero-order valence-corrected chi connectivity index (χ0v) is 26.5. The number of methoxy groups -OCH3 is 2. The molecule has 0 aromatic heterocycles. The van der Waals surface area contributed by atoms with Gasteiger partial charge < -0.3 is 19.7 Å². The van der Waals surface area contributed by atoms with E-state index in [1.54, 1.807) is 57.2 Å². The first-order valence-electron chi connectivity index (χ1n) is 14.0. The van der Waals surface area contributed by atoms with Crippen molar-refractivity contribution in [3.63, 3.8) is 0 Å². The van der Waals surface area contributed by atoms with Crippen molar-refractivity contribution in [3.8, 4) is 11.5 Å². The first-order chi connectivity index (χ1) is 20.8. The predicted octanol–water partition coefficient (Wildman–Crippen LogP) is 4.45. The van der Waals surface area contributed by atoms with Gasteiger partial charge in [0.05, 0.1) is 29.7 Å². The van der Waals surface area contributed by atoms with E-state index >= 15 is 0 Å². The fraction of sp³-hybridized carbons (Fsp3) is 0.355. The number of rotatable bonds is 14. The van der Waals surface area contributed by atoms with E-state index in [0.29, 0.717) is 17.1 Å². The summed E-state index contributed by atoms with van der Waals surface area (Å²) in [5, 5.41) is 14.5. The molecule has 3 aromatic rings. The summed E-state index contributed by atoms with van der Waals surface area (Å²) in [5.41, 5.74) is 0.709. The molecule has 3 aromatic carbocycles. The number of amides is 2. The molecule has 1 N–H and O–H groups in total. The van der Waals surface area contributed by atoms with Crippen LogP contribution in [-0.2, 0) is 26.2 Å². The third-order valence-corrected chi connectivity index (χ3v) is 8.68. The lowest BCUT2D eigenvalue weighted by molar-refractivity contribution is -0.385. The average molecular weight is 627 g/mol. The number of carbonyl (C=O) groups is 2. The second-order valence-electron chi connectivity index (χ2n) is 10.4. The van der Waals surface area contributed by atoms with Gasteiger partial charge in [-0.1, -0.05) is 25.1 Å². The largest absolute Gasteiger partial charge is 0.497 e. The first-order valence-corrected chi connectivity index (χ1v) is 15.4. The molecule has 1 unspecified atom stereocenters. The van der Waals surface area contributed by atoms with Crippen LogP contribution in [0.5, 0.6) is 11.5 Å². The number of nitro benzene ring substituents is 1. The summed E-state index contributed by atoms with van der Waals surface area (Å²) in [6.07, 6.45) is 0.258. The Morgan fingerprint density at radius 3 is 2.20 bits per heavy atom. The molecule has 0 spiro atoms. The second kappa shape index (κ2) is 14.7. The van der Waals surface area contributed by atoms with Gasteiger partial charge in [0.15, 0.2) is 0 Å². The van der Waals surface area contributed by atoms with E-state index in [0.717, 1.165) is 10.4 Å². The van der Waals surface area contributed by atoms with Crippen LogP contribution in [0.1, 0.15) is 38.3 Å². The molecule has 2 amide bonds. The number of hydrogen-bond donors (Lipinski definition) is 1. The maximum Gasteiger partial charge on any atom is 0.273 e. The van der Waals surface area contributed by atoms with E-state index in [4.69, 9.17) is 9.47 Å². The zero-order chi connectivity index (χ0) is 32.6. The van der Waals surface area contributed by atoms with Gasteiger partial charge in [0.25, 0.3) is 15.7 Å². The minimum absolute atomic E-state index is 0.00738. The normalized spacial score (nSPS) is 11.9. The molecule has 0 aliphatic heterocycles. The molecule has 236 valence electrons. The van der Waals surface area contributed by atoms with E-state index in [-0.39, 0.29) is 46.7 Å². The summed E-state index contributed by atoms with van der Waals surface area (Å²) in [6.45, 7) is 6.18. The number of ether oxygens (including phenoxy) is 2. The van der Waals surface area contributed by atoms with Crippen LogP contribution in [-0.4, -0.2) is 62.9 Å². The van der Waals surface area contributed by atoms with Crippen LogP contribution in [0.3, 0.4) is 0 Å². The number of nitrogens with one attached hydrogen (secondary N) is 1. The van der Waals surface area contributed by atoms with Gasteiger partial charge in [-0.05, 0) is 75.2 Å². The summed E-state index contributed by atoms with van der Waals surface area (Å²) < 4.78 is 39.6. The average Bonchev–Trinajstić information content (AvgIpc) is 2.99. The Kier molecular flexibility index (Phi) is 11.3. The Labute approximate surface area is 257 Å². The number of hydrogen-bond acceptors (Lipinski definition) is 8. The Morgan fingerprint density at radius 1 is 0.977 bits per heavy atom. The summed E-state index contributed by atoms with van der Waals surface area (Å²) in [4.78, 5) is 39.4. The molecule has 44 heavy (non-hydrogen) atoms. The number of nitro groups is 1. The monoisotopic (exact) mass is 626 g/mol. The Bertz CT molecular complexity index is 1590. The first kappa shape index (κ1) is 33.8. The lowest BCUT2D eigenvalue weighted by Crippen LogP contribution is -2.53. The molecule has 0 heterocycles. The number of aryl methyl sites for hydroxylation is 1. The highest BCUT2D eigenvalue weighted by Gasteiger charge is 2.34. The van der Waals surface area contributed by atoms with Gasteiger partial charge in [-0.3, -0.25) is 24.0 Å². The molecule has 0 fully saturated rings. The van der Waals surface area contributed by atoms with Crippen LogP contribution < -0.4 is 19.1 Å². The van der Waals surface area contributed by atoms with Crippen LogP contribution in [0.15, 0.2) is 71.6 Å². The SMILES string of the molecule is CCC(C(=O)NC(C)C)N(Cc1cccc(OC)c1)C(=O)CN(c1ccc(OC)cc1)S(=O)(=O)c1ccc(C)c([N+](=O)[O-])c1. The van der Waals surface area contributed by atoms with Crippen molar-refractivity contribution >= 4 is 33.2 Å². The summed E-state index contributed by atoms with van der Waals surface area (Å²) in [7, 11) is -1.54. The molecular weight excluding hydrogens is 588 g/mol. The summed E-state index contributed by atoms with van der Waals surface area (Å²) in [5.74, 6) is -0.0243. The Hall–Kier alpha value is -4.65. The van der Waals surface area contributed by atoms with Crippen LogP contribution in [0.25, 0.3) is 0 Å². The maximum absolute atomic E-state index is 14.2. The quantitative estimate of drug-likeness (QED) is 0.204. The number of benzene rings is 3. The summed E-state index contributed by atoms with van der Waals surface area (Å²) in [6, 6.07) is 15.5. The molecule has 0 bridgehead atoms. The topological polar surface area (TPSA) is 148 Å². The lowest BCUT2D eigenvalue weighted by Gasteiger charge is -2.33. The molecule has 0 radical (unpaired) electrons. The van der Waals surface area contributed by atoms with Gasteiger partial charge in [-0.15, -0.1) is 0 Å². The van der Waals surface area contributed by atoms with Gasteiger partial charge in [0.2, 0.25) is 11.8 Å². The summed E-state index contributed by atoms with van der Waals surface area (Å²) >= 11 is 0. The fourth-order valence-corrected chi connectivity index (χ4v) is 6.05. The van der Waals surface area contributed by atoms with Crippen molar-refractivity contribution in [2.24, 2.45) is 0 Å². The predicted molar refractivity (Wildman–Crippen MR) is 166 cm³/mol. The van der Waals surface area contributed by atoms with E-state index in [9.17, 15) is 28.1 Å². The van der Waals surface area contributed by atoms with E-state index in [2.05, 4.69) is 5.32 Å². The number of nitrogens with zero attached hydrogens (tertiary/aromatic N) is 3. The highest BCUT2D eigenvalue weighted by atomic mass is 32.2. The Morgan fingerprint density at radius 2 is 1.64 bits per heavy atom. The highest BCUT2D eigenvalue weighted by molar-refractivity contribution is 7.92. The van der Waals surface area contributed by atoms with Crippen molar-refractivity contribution in [2.45, 2.75) is 57.6 Å². The third-order valence-electron chi connectivity index (χ3n) is 6.91. The molecule has 12 nitrogen and oxygen atoms in total. The van der Waals surface area contributed by atoms with Crippen molar-refractivity contribution in [1.29, 1.82) is 0 Å². The van der Waals surface area contributed by atoms with Gasteiger partial charge in [-0.2, -0.15) is 0 Å². The van der Waals surface area contributed by atoms with Crippen LogP contribution in [0, 0.1) is 17.0 Å². The fourth-order valence-electron chi connectivity index (χ4n) is 4.62. The molecule has 0 aliphatic carbocycles. The van der Waals surface area contributed by atoms with Crippen molar-refractivity contribution in [1.82, 2.24) is 10.2 Å². The van der Waals surface area contributed by atoms with Gasteiger partial charge in [-0.25, -0.2) is 8.42 Å². The van der Waals surface area contributed by atoms with Gasteiger partial charge in [0.1, 0.15) is 24.1 Å². The number of carbonyl (C=O) groups excluding carboxylic acids is 2. The number of sulfonamides is 1. The number of anilines is 1. The minimum atomic E-state index is -4.51. The molecule has 3 rings (SSSR count). The molecular formula is C31H38N4O8S. The molecule has 0 saturated carbocycles. The van der Waals surface area contributed by atoms with Crippen molar-refractivity contribution < 1.29 is 32.4 Å². The van der Waals surface area contributed by atoms with Crippen molar-refractivity contribution in [2.75, 3.05) is 25.1 Å². The van der Waals surface area contributed by atoms with Crippen molar-refractivity contribution in [3.05, 3.63) is 88.0 Å². The highest BCUT2D eigenvalue weighted by Crippen LogP contribution is 2.30. The second-order valence-corrected chi connectivity index (χ2v) is 12.2. The van der Waals surface area contributed by atoms with E-state index < -0.39 is 33.4 Å². The lowest BCUT2D eigenvalue weighted by atomic mass is 10.1. The Balaban J connectivity index is 2.13. The molecule has 0 aliphatic rings. The smallest absolute Gasteiger partial charge is 0.273 e. The van der Waals surface area contributed by atoms with Gasteiger partial charge >= 0.3 is 0 Å². The van der Waals surface area contributed by atoms with Crippen LogP contribution >= 0.6 is 0 Å². The van der Waals surface area contributed by atoms with Crippen LogP contribution in [0.4, 0.5) is 11.4 Å². The molecule has 0 saturated heterocycles. The zero-order valence-electron chi connectivity index (χ0n) is 25.6. The maximum atomic E-state index is 14.2. The molecule has 13 heteroatoms. The standard InChI is InChI=1S/C31H38N4O8S/c1-7-28(31(37)32-21(2)3)33(19-23-9-8-10-26(17-23)43-6)30(36)20-34(24-12-14-25(42-5)15-13-24)44(40,41)27-16-11-22(4)29(18-27)35(38)39/h8-18,21,28H,7,19-20H2,1-6H3,(H,32,37). The van der Waals surface area contributed by atoms with Gasteiger partial charge in [0, 0.05) is 24.2 Å². The third kappa shape index (κ3) is 8.04. The minimum Gasteiger partial charge on any atom is -0.497 e. The van der Waals surface area contributed by atoms with Crippen LogP contribution in [0.2, 0.25) is 0 Å².